The fourth-order valence-corrected chi connectivity index (χ4v) is 4.17. The van der Waals surface area contributed by atoms with E-state index in [9.17, 15) is 0 Å². The highest BCUT2D eigenvalue weighted by Crippen LogP contribution is 2.39. The lowest BCUT2D eigenvalue weighted by atomic mass is 10.1. The van der Waals surface area contributed by atoms with Crippen LogP contribution in [0.3, 0.4) is 0 Å². The van der Waals surface area contributed by atoms with Crippen molar-refractivity contribution in [1.82, 2.24) is 5.32 Å². The maximum absolute atomic E-state index is 6.27. The summed E-state index contributed by atoms with van der Waals surface area (Å²) in [5.41, 5.74) is 1.03. The van der Waals surface area contributed by atoms with Crippen LogP contribution in [0.1, 0.15) is 16.5 Å². The molecule has 6 heteroatoms. The standard InChI is InChI=1S/C12H9Br2Cl2NS/c1-17-11(10-5-9(16)12(14)18-10)7-4-6(13)2-3-8(7)15/h2-5,11,17H,1H3. The van der Waals surface area contributed by atoms with E-state index in [1.807, 2.05) is 31.3 Å². The molecule has 0 radical (unpaired) electrons. The fraction of sp³-hybridized carbons (Fsp3) is 0.167. The number of rotatable bonds is 3. The topological polar surface area (TPSA) is 12.0 Å². The Hall–Kier alpha value is 0.420. The van der Waals surface area contributed by atoms with Crippen molar-refractivity contribution in [2.24, 2.45) is 0 Å². The van der Waals surface area contributed by atoms with Gasteiger partial charge in [-0.2, -0.15) is 0 Å². The predicted octanol–water partition coefficient (Wildman–Crippen LogP) is 5.89. The van der Waals surface area contributed by atoms with Crippen LogP contribution in [-0.4, -0.2) is 7.05 Å². The smallest absolute Gasteiger partial charge is 0.0888 e. The van der Waals surface area contributed by atoms with Gasteiger partial charge < -0.3 is 5.32 Å². The second kappa shape index (κ2) is 6.25. The van der Waals surface area contributed by atoms with Gasteiger partial charge in [0.1, 0.15) is 0 Å². The molecule has 1 nitrogen and oxygen atoms in total. The quantitative estimate of drug-likeness (QED) is 0.641. The molecule has 2 aromatic rings. The molecule has 96 valence electrons. The van der Waals surface area contributed by atoms with Gasteiger partial charge in [-0.15, -0.1) is 11.3 Å². The molecule has 0 saturated heterocycles. The Labute approximate surface area is 137 Å². The van der Waals surface area contributed by atoms with Crippen LogP contribution in [0.25, 0.3) is 0 Å². The molecule has 2 rings (SSSR count). The molecule has 1 heterocycles. The van der Waals surface area contributed by atoms with E-state index < -0.39 is 0 Å². The highest BCUT2D eigenvalue weighted by atomic mass is 79.9. The number of halogens is 4. The van der Waals surface area contributed by atoms with Gasteiger partial charge in [-0.25, -0.2) is 0 Å². The van der Waals surface area contributed by atoms with Gasteiger partial charge >= 0.3 is 0 Å². The predicted molar refractivity (Wildman–Crippen MR) is 87.1 cm³/mol. The van der Waals surface area contributed by atoms with Crippen molar-refractivity contribution in [1.29, 1.82) is 0 Å². The number of hydrogen-bond acceptors (Lipinski definition) is 2. The summed E-state index contributed by atoms with van der Waals surface area (Å²) in [5, 5.41) is 4.73. The second-order valence-electron chi connectivity index (χ2n) is 3.66. The molecule has 0 amide bonds. The van der Waals surface area contributed by atoms with Crippen molar-refractivity contribution >= 4 is 66.4 Å². The van der Waals surface area contributed by atoms with Crippen molar-refractivity contribution in [2.45, 2.75) is 6.04 Å². The highest BCUT2D eigenvalue weighted by Gasteiger charge is 2.19. The molecule has 0 aliphatic rings. The molecule has 18 heavy (non-hydrogen) atoms. The first-order valence-corrected chi connectivity index (χ1v) is 8.25. The van der Waals surface area contributed by atoms with Crippen molar-refractivity contribution in [3.8, 4) is 0 Å². The summed E-state index contributed by atoms with van der Waals surface area (Å²) in [6.07, 6.45) is 0. The van der Waals surface area contributed by atoms with Crippen molar-refractivity contribution in [2.75, 3.05) is 7.05 Å². The monoisotopic (exact) mass is 427 g/mol. The average molecular weight is 430 g/mol. The lowest BCUT2D eigenvalue weighted by molar-refractivity contribution is 0.704. The van der Waals surface area contributed by atoms with Gasteiger partial charge in [0.25, 0.3) is 0 Å². The van der Waals surface area contributed by atoms with Gasteiger partial charge in [0.2, 0.25) is 0 Å². The summed E-state index contributed by atoms with van der Waals surface area (Å²) >= 11 is 20.9. The van der Waals surface area contributed by atoms with Gasteiger partial charge in [-0.05, 0) is 52.8 Å². The van der Waals surface area contributed by atoms with Gasteiger partial charge in [0.05, 0.1) is 14.9 Å². The third-order valence-electron chi connectivity index (χ3n) is 2.51. The molecular weight excluding hydrogens is 421 g/mol. The minimum Gasteiger partial charge on any atom is -0.309 e. The van der Waals surface area contributed by atoms with Crippen LogP contribution < -0.4 is 5.32 Å². The molecule has 0 spiro atoms. The zero-order chi connectivity index (χ0) is 13.3. The third kappa shape index (κ3) is 3.11. The van der Waals surface area contributed by atoms with Crippen LogP contribution in [0.4, 0.5) is 0 Å². The fourth-order valence-electron chi connectivity index (χ4n) is 1.69. The van der Waals surface area contributed by atoms with E-state index in [0.717, 1.165) is 28.7 Å². The largest absolute Gasteiger partial charge is 0.309 e. The van der Waals surface area contributed by atoms with E-state index in [2.05, 4.69) is 37.2 Å². The zero-order valence-electron chi connectivity index (χ0n) is 9.31. The summed E-state index contributed by atoms with van der Waals surface area (Å²) in [6.45, 7) is 0. The first kappa shape index (κ1) is 14.8. The molecule has 1 aromatic carbocycles. The number of hydrogen-bond donors (Lipinski definition) is 1. The van der Waals surface area contributed by atoms with E-state index in [-0.39, 0.29) is 6.04 Å². The Bertz CT molecular complexity index is 552. The molecule has 0 saturated carbocycles. The Morgan fingerprint density at radius 1 is 1.17 bits per heavy atom. The zero-order valence-corrected chi connectivity index (χ0v) is 14.8. The summed E-state index contributed by atoms with van der Waals surface area (Å²) in [5.74, 6) is 0. The van der Waals surface area contributed by atoms with Crippen LogP contribution in [0.5, 0.6) is 0 Å². The molecule has 1 unspecified atom stereocenters. The van der Waals surface area contributed by atoms with Crippen molar-refractivity contribution in [3.63, 3.8) is 0 Å². The normalized spacial score (nSPS) is 12.7. The van der Waals surface area contributed by atoms with Crippen molar-refractivity contribution in [3.05, 3.63) is 53.0 Å². The Morgan fingerprint density at radius 2 is 1.89 bits per heavy atom. The molecule has 1 atom stereocenters. The maximum Gasteiger partial charge on any atom is 0.0888 e. The molecular formula is C12H9Br2Cl2NS. The van der Waals surface area contributed by atoms with E-state index in [1.165, 1.54) is 0 Å². The molecule has 0 aliphatic carbocycles. The second-order valence-corrected chi connectivity index (χ2v) is 7.79. The van der Waals surface area contributed by atoms with Gasteiger partial charge in [0, 0.05) is 14.4 Å². The average Bonchev–Trinajstić information content (AvgIpc) is 2.65. The maximum atomic E-state index is 6.27. The molecule has 1 aromatic heterocycles. The van der Waals surface area contributed by atoms with Gasteiger partial charge in [0.15, 0.2) is 0 Å². The molecule has 0 aliphatic heterocycles. The summed E-state index contributed by atoms with van der Waals surface area (Å²) in [7, 11) is 1.91. The number of benzene rings is 1. The first-order chi connectivity index (χ1) is 8.52. The number of nitrogens with one attached hydrogen (secondary N) is 1. The van der Waals surface area contributed by atoms with Crippen LogP contribution in [0.15, 0.2) is 32.5 Å². The van der Waals surface area contributed by atoms with E-state index >= 15 is 0 Å². The van der Waals surface area contributed by atoms with Crippen LogP contribution >= 0.6 is 66.4 Å². The first-order valence-electron chi connectivity index (χ1n) is 5.10. The van der Waals surface area contributed by atoms with Crippen LogP contribution in [-0.2, 0) is 0 Å². The molecule has 0 fully saturated rings. The lowest BCUT2D eigenvalue weighted by Gasteiger charge is -2.16. The summed E-state index contributed by atoms with van der Waals surface area (Å²) in [4.78, 5) is 1.12. The van der Waals surface area contributed by atoms with Crippen LogP contribution in [0, 0.1) is 0 Å². The minimum atomic E-state index is 0.0313. The van der Waals surface area contributed by atoms with Crippen LogP contribution in [0.2, 0.25) is 10.0 Å². The summed E-state index contributed by atoms with van der Waals surface area (Å²) in [6, 6.07) is 7.81. The van der Waals surface area contributed by atoms with Gasteiger partial charge in [-0.1, -0.05) is 39.1 Å². The Balaban J connectivity index is 2.48. The Morgan fingerprint density at radius 3 is 2.44 bits per heavy atom. The van der Waals surface area contributed by atoms with E-state index in [1.54, 1.807) is 11.3 Å². The summed E-state index contributed by atoms with van der Waals surface area (Å²) < 4.78 is 1.94. The van der Waals surface area contributed by atoms with Crippen molar-refractivity contribution < 1.29 is 0 Å². The molecule has 0 bridgehead atoms. The lowest BCUT2D eigenvalue weighted by Crippen LogP contribution is -2.16. The third-order valence-corrected chi connectivity index (χ3v) is 5.88. The SMILES string of the molecule is CNC(c1cc(Cl)c(Br)s1)c1cc(Br)ccc1Cl. The van der Waals surface area contributed by atoms with E-state index in [4.69, 9.17) is 23.2 Å². The molecule has 1 N–H and O–H groups in total. The Kier molecular flexibility index (Phi) is 5.14. The minimum absolute atomic E-state index is 0.0313. The van der Waals surface area contributed by atoms with Gasteiger partial charge in [-0.3, -0.25) is 0 Å². The number of thiophene rings is 1. The highest BCUT2D eigenvalue weighted by molar-refractivity contribution is 9.11. The van der Waals surface area contributed by atoms with E-state index in [0.29, 0.717) is 0 Å².